The Balaban J connectivity index is 1.85. The van der Waals surface area contributed by atoms with Crippen LogP contribution in [0.25, 0.3) is 0 Å². The number of rotatable bonds is 11. The van der Waals surface area contributed by atoms with Gasteiger partial charge < -0.3 is 70.0 Å². The van der Waals surface area contributed by atoms with Crippen molar-refractivity contribution >= 4 is 5.97 Å². The van der Waals surface area contributed by atoms with Crippen LogP contribution in [0.4, 0.5) is 0 Å². The number of hydrogen-bond acceptors (Lipinski definition) is 14. The van der Waals surface area contributed by atoms with Crippen molar-refractivity contribution in [2.75, 3.05) is 19.8 Å². The van der Waals surface area contributed by atoms with Gasteiger partial charge in [0.1, 0.15) is 30.0 Å². The number of ether oxygens (including phenoxy) is 4. The second-order valence-electron chi connectivity index (χ2n) is 9.39. The van der Waals surface area contributed by atoms with Crippen LogP contribution in [0, 0.1) is 0 Å². The molecular formula is C23H34O15. The van der Waals surface area contributed by atoms with E-state index in [4.69, 9.17) is 18.9 Å². The Kier molecular flexibility index (Phi) is 9.41. The lowest BCUT2D eigenvalue weighted by atomic mass is 9.97. The Morgan fingerprint density at radius 3 is 2.37 bits per heavy atom. The third kappa shape index (κ3) is 5.81. The van der Waals surface area contributed by atoms with Gasteiger partial charge in [-0.2, -0.15) is 0 Å². The molecule has 2 aliphatic rings. The fourth-order valence-electron chi connectivity index (χ4n) is 4.24. The van der Waals surface area contributed by atoms with E-state index in [2.05, 4.69) is 0 Å². The molecule has 1 aromatic rings. The molecule has 0 aromatic heterocycles. The van der Waals surface area contributed by atoms with Gasteiger partial charge in [-0.1, -0.05) is 19.8 Å². The van der Waals surface area contributed by atoms with Gasteiger partial charge in [-0.05, 0) is 18.9 Å². The lowest BCUT2D eigenvalue weighted by Crippen LogP contribution is -2.61. The predicted octanol–water partition coefficient (Wildman–Crippen LogP) is -2.51. The molecule has 38 heavy (non-hydrogen) atoms. The van der Waals surface area contributed by atoms with Crippen molar-refractivity contribution in [1.82, 2.24) is 0 Å². The SMILES string of the molecule is CCCCCc1c(C(=O)O)cc(O)c(O)c1O[C@@H]1O[C@H](CO[C@]2(O)OC[C@](O)(CO)[C@H]2O)[C@@H](O)[C@H](O)[C@H]1O. The summed E-state index contributed by atoms with van der Waals surface area (Å²) in [5.74, 6) is -6.44. The molecule has 15 heteroatoms. The Morgan fingerprint density at radius 1 is 1.11 bits per heavy atom. The van der Waals surface area contributed by atoms with Gasteiger partial charge in [0.2, 0.25) is 12.0 Å². The first-order chi connectivity index (χ1) is 17.8. The van der Waals surface area contributed by atoms with Crippen molar-refractivity contribution in [3.05, 3.63) is 17.2 Å². The molecule has 0 bridgehead atoms. The summed E-state index contributed by atoms with van der Waals surface area (Å²) in [7, 11) is 0. The fourth-order valence-corrected chi connectivity index (χ4v) is 4.24. The Labute approximate surface area is 216 Å². The molecule has 0 saturated carbocycles. The van der Waals surface area contributed by atoms with Crippen molar-refractivity contribution < 1.29 is 74.8 Å². The number of carboxylic acids is 1. The Morgan fingerprint density at radius 2 is 1.79 bits per heavy atom. The number of phenolic OH excluding ortho intramolecular Hbond substituents is 2. The van der Waals surface area contributed by atoms with Gasteiger partial charge in [0.15, 0.2) is 17.6 Å². The smallest absolute Gasteiger partial charge is 0.336 e. The van der Waals surface area contributed by atoms with E-state index in [1.165, 1.54) is 0 Å². The van der Waals surface area contributed by atoms with Gasteiger partial charge in [-0.25, -0.2) is 4.79 Å². The number of hydrogen-bond donors (Lipinski definition) is 10. The molecule has 2 heterocycles. The van der Waals surface area contributed by atoms with Crippen LogP contribution in [0.5, 0.6) is 17.2 Å². The van der Waals surface area contributed by atoms with Gasteiger partial charge in [-0.3, -0.25) is 0 Å². The summed E-state index contributed by atoms with van der Waals surface area (Å²) in [5, 5.41) is 101. The number of benzene rings is 1. The highest BCUT2D eigenvalue weighted by molar-refractivity contribution is 5.91. The summed E-state index contributed by atoms with van der Waals surface area (Å²) >= 11 is 0. The minimum atomic E-state index is -2.83. The summed E-state index contributed by atoms with van der Waals surface area (Å²) in [5.41, 5.74) is -2.63. The van der Waals surface area contributed by atoms with Crippen LogP contribution in [0.1, 0.15) is 42.1 Å². The average molecular weight is 551 g/mol. The van der Waals surface area contributed by atoms with Crippen molar-refractivity contribution in [2.24, 2.45) is 0 Å². The number of aromatic carboxylic acids is 1. The van der Waals surface area contributed by atoms with E-state index in [0.29, 0.717) is 12.8 Å². The molecule has 15 nitrogen and oxygen atoms in total. The van der Waals surface area contributed by atoms with E-state index in [9.17, 15) is 55.9 Å². The van der Waals surface area contributed by atoms with Crippen LogP contribution in [0.3, 0.4) is 0 Å². The second kappa shape index (κ2) is 11.8. The van der Waals surface area contributed by atoms with Crippen molar-refractivity contribution in [1.29, 1.82) is 0 Å². The van der Waals surface area contributed by atoms with Crippen molar-refractivity contribution in [3.8, 4) is 17.2 Å². The van der Waals surface area contributed by atoms with Gasteiger partial charge >= 0.3 is 11.9 Å². The summed E-state index contributed by atoms with van der Waals surface area (Å²) in [6, 6.07) is 0.848. The molecule has 0 amide bonds. The van der Waals surface area contributed by atoms with Crippen LogP contribution in [0.2, 0.25) is 0 Å². The van der Waals surface area contributed by atoms with Gasteiger partial charge in [0.05, 0.1) is 25.4 Å². The highest BCUT2D eigenvalue weighted by atomic mass is 16.8. The van der Waals surface area contributed by atoms with Crippen molar-refractivity contribution in [3.63, 3.8) is 0 Å². The second-order valence-corrected chi connectivity index (χ2v) is 9.39. The number of aliphatic hydroxyl groups is 7. The number of aromatic hydroxyl groups is 2. The van der Waals surface area contributed by atoms with Crippen molar-refractivity contribution in [2.45, 2.75) is 81.0 Å². The fraction of sp³-hybridized carbons (Fsp3) is 0.696. The first kappa shape index (κ1) is 30.2. The van der Waals surface area contributed by atoms with Crippen LogP contribution < -0.4 is 4.74 Å². The molecule has 2 fully saturated rings. The summed E-state index contributed by atoms with van der Waals surface area (Å²) in [6.07, 6.45) is -9.15. The molecule has 1 aromatic carbocycles. The monoisotopic (exact) mass is 550 g/mol. The Bertz CT molecular complexity index is 988. The summed E-state index contributed by atoms with van der Waals surface area (Å²) in [6.45, 7) is -0.571. The van der Waals surface area contributed by atoms with Gasteiger partial charge in [-0.15, -0.1) is 0 Å². The first-order valence-electron chi connectivity index (χ1n) is 12.0. The molecule has 3 rings (SSSR count). The van der Waals surface area contributed by atoms with E-state index in [1.54, 1.807) is 0 Å². The van der Waals surface area contributed by atoms with Crippen LogP contribution in [0.15, 0.2) is 6.07 Å². The topological polar surface area (TPSA) is 256 Å². The van der Waals surface area contributed by atoms with E-state index < -0.39 is 91.4 Å². The standard InChI is InChI=1S/C23H34O15/c1-2-3-4-5-10-11(19(30)31)6-12(25)14(26)18(10)38-20-17(29)16(28)15(27)13(37-20)7-35-23(34)21(32)22(33,8-24)9-36-23/h6,13,15-17,20-21,24-29,32-34H,2-5,7-9H2,1H3,(H,30,31)/t13-,15-,16+,17-,20+,21-,22-,23+/m1/s1. The number of carboxylic acid groups (broad SMARTS) is 1. The molecule has 2 saturated heterocycles. The average Bonchev–Trinajstić information content (AvgIpc) is 3.12. The van der Waals surface area contributed by atoms with Crippen LogP contribution >= 0.6 is 0 Å². The van der Waals surface area contributed by atoms with E-state index in [-0.39, 0.29) is 17.5 Å². The number of unbranched alkanes of at least 4 members (excludes halogenated alkanes) is 2. The molecule has 10 N–H and O–H groups in total. The zero-order chi connectivity index (χ0) is 28.4. The predicted molar refractivity (Wildman–Crippen MR) is 122 cm³/mol. The molecule has 0 radical (unpaired) electrons. The molecule has 0 aliphatic carbocycles. The zero-order valence-electron chi connectivity index (χ0n) is 20.5. The third-order valence-corrected chi connectivity index (χ3v) is 6.61. The van der Waals surface area contributed by atoms with Crippen LogP contribution in [-0.4, -0.2) is 125 Å². The molecule has 8 atom stereocenters. The lowest BCUT2D eigenvalue weighted by Gasteiger charge is -2.41. The zero-order valence-corrected chi connectivity index (χ0v) is 20.5. The minimum absolute atomic E-state index is 0.00876. The highest BCUT2D eigenvalue weighted by Gasteiger charge is 2.59. The molecule has 0 unspecified atom stereocenters. The lowest BCUT2D eigenvalue weighted by molar-refractivity contribution is -0.384. The summed E-state index contributed by atoms with van der Waals surface area (Å²) in [4.78, 5) is 11.8. The van der Waals surface area contributed by atoms with E-state index in [1.807, 2.05) is 6.92 Å². The van der Waals surface area contributed by atoms with Gasteiger partial charge in [0, 0.05) is 5.56 Å². The van der Waals surface area contributed by atoms with E-state index >= 15 is 0 Å². The molecule has 0 spiro atoms. The van der Waals surface area contributed by atoms with Crippen LogP contribution in [-0.2, 0) is 20.6 Å². The quantitative estimate of drug-likeness (QED) is 0.0775. The van der Waals surface area contributed by atoms with Gasteiger partial charge in [0.25, 0.3) is 0 Å². The number of phenols is 2. The number of aliphatic hydroxyl groups excluding tert-OH is 5. The maximum atomic E-state index is 11.8. The maximum Gasteiger partial charge on any atom is 0.336 e. The molecular weight excluding hydrogens is 516 g/mol. The third-order valence-electron chi connectivity index (χ3n) is 6.61. The molecule has 216 valence electrons. The minimum Gasteiger partial charge on any atom is -0.504 e. The number of carbonyl (C=O) groups is 1. The normalized spacial score (nSPS) is 35.4. The van der Waals surface area contributed by atoms with E-state index in [0.717, 1.165) is 12.5 Å². The summed E-state index contributed by atoms with van der Waals surface area (Å²) < 4.78 is 21.0. The molecule has 2 aliphatic heterocycles. The Hall–Kier alpha value is -2.31. The largest absolute Gasteiger partial charge is 0.504 e. The highest BCUT2D eigenvalue weighted by Crippen LogP contribution is 2.43. The first-order valence-corrected chi connectivity index (χ1v) is 12.0. The maximum absolute atomic E-state index is 11.8.